The summed E-state index contributed by atoms with van der Waals surface area (Å²) >= 11 is 0. The number of allylic oxidation sites excluding steroid dienone is 1. The molecule has 2 rings (SSSR count). The minimum absolute atomic E-state index is 0.141. The maximum absolute atomic E-state index is 9.77. The summed E-state index contributed by atoms with van der Waals surface area (Å²) in [5.74, 6) is 2.64. The molecule has 17 heavy (non-hydrogen) atoms. The lowest BCUT2D eigenvalue weighted by Gasteiger charge is -2.39. The molecule has 0 radical (unpaired) electrons. The van der Waals surface area contributed by atoms with Crippen molar-refractivity contribution in [3.63, 3.8) is 0 Å². The Morgan fingerprint density at radius 2 is 2.12 bits per heavy atom. The third-order valence-corrected chi connectivity index (χ3v) is 3.31. The molecule has 0 saturated heterocycles. The molecule has 1 aliphatic rings. The fraction of sp³-hybridized carbons (Fsp3) is 0.333. The number of terminal acetylenes is 1. The second kappa shape index (κ2) is 5.07. The van der Waals surface area contributed by atoms with E-state index in [2.05, 4.69) is 29.0 Å². The molecule has 0 amide bonds. The Balaban J connectivity index is 2.28. The normalized spacial score (nSPS) is 23.4. The van der Waals surface area contributed by atoms with Crippen molar-refractivity contribution in [3.05, 3.63) is 48.2 Å². The van der Waals surface area contributed by atoms with Gasteiger partial charge in [-0.25, -0.2) is 0 Å². The third-order valence-electron chi connectivity index (χ3n) is 3.31. The Kier molecular flexibility index (Phi) is 3.51. The van der Waals surface area contributed by atoms with Crippen LogP contribution in [0.25, 0.3) is 0 Å². The SMILES string of the molecule is C#CCN1C=CCC(CO)(c2ccccc2)C1. The first-order valence-corrected chi connectivity index (χ1v) is 5.81. The first-order chi connectivity index (χ1) is 8.30. The van der Waals surface area contributed by atoms with Crippen molar-refractivity contribution in [1.82, 2.24) is 4.90 Å². The van der Waals surface area contributed by atoms with Crippen molar-refractivity contribution in [2.75, 3.05) is 19.7 Å². The first-order valence-electron chi connectivity index (χ1n) is 5.81. The summed E-state index contributed by atoms with van der Waals surface area (Å²) in [6.07, 6.45) is 10.3. The van der Waals surface area contributed by atoms with Crippen LogP contribution in [0.4, 0.5) is 0 Å². The second-order valence-electron chi connectivity index (χ2n) is 4.50. The maximum Gasteiger partial charge on any atom is 0.0786 e. The second-order valence-corrected chi connectivity index (χ2v) is 4.50. The van der Waals surface area contributed by atoms with Crippen LogP contribution in [0.2, 0.25) is 0 Å². The number of aliphatic hydroxyl groups excluding tert-OH is 1. The lowest BCUT2D eigenvalue weighted by molar-refractivity contribution is 0.152. The summed E-state index contributed by atoms with van der Waals surface area (Å²) in [5, 5.41) is 9.77. The van der Waals surface area contributed by atoms with Crippen LogP contribution >= 0.6 is 0 Å². The molecule has 1 unspecified atom stereocenters. The van der Waals surface area contributed by atoms with Gasteiger partial charge >= 0.3 is 0 Å². The Bertz CT molecular complexity index is 432. The van der Waals surface area contributed by atoms with Gasteiger partial charge in [0, 0.05) is 12.0 Å². The van der Waals surface area contributed by atoms with Crippen LogP contribution in [0.1, 0.15) is 12.0 Å². The summed E-state index contributed by atoms with van der Waals surface area (Å²) in [7, 11) is 0. The van der Waals surface area contributed by atoms with Gasteiger partial charge in [-0.15, -0.1) is 6.42 Å². The minimum Gasteiger partial charge on any atom is -0.395 e. The van der Waals surface area contributed by atoms with Gasteiger partial charge in [0.05, 0.1) is 13.2 Å². The van der Waals surface area contributed by atoms with Crippen LogP contribution < -0.4 is 0 Å². The number of hydrogen-bond donors (Lipinski definition) is 1. The van der Waals surface area contributed by atoms with Crippen LogP contribution in [0.15, 0.2) is 42.6 Å². The largest absolute Gasteiger partial charge is 0.395 e. The van der Waals surface area contributed by atoms with E-state index in [0.717, 1.165) is 13.0 Å². The van der Waals surface area contributed by atoms with E-state index in [1.165, 1.54) is 5.56 Å². The molecule has 0 aromatic heterocycles. The van der Waals surface area contributed by atoms with Gasteiger partial charge in [0.25, 0.3) is 0 Å². The van der Waals surface area contributed by atoms with Crippen molar-refractivity contribution in [3.8, 4) is 12.3 Å². The van der Waals surface area contributed by atoms with Gasteiger partial charge in [-0.1, -0.05) is 42.3 Å². The molecule has 1 aliphatic heterocycles. The molecule has 1 heterocycles. The quantitative estimate of drug-likeness (QED) is 0.796. The van der Waals surface area contributed by atoms with Crippen LogP contribution in [-0.4, -0.2) is 29.7 Å². The van der Waals surface area contributed by atoms with Crippen LogP contribution in [0.5, 0.6) is 0 Å². The molecule has 1 aromatic rings. The zero-order chi connectivity index (χ0) is 12.1. The summed E-state index contributed by atoms with van der Waals surface area (Å²) in [6.45, 7) is 1.50. The molecule has 88 valence electrons. The highest BCUT2D eigenvalue weighted by molar-refractivity contribution is 5.29. The fourth-order valence-corrected chi connectivity index (χ4v) is 2.37. The maximum atomic E-state index is 9.77. The smallest absolute Gasteiger partial charge is 0.0786 e. The molecule has 1 aromatic carbocycles. The third kappa shape index (κ3) is 2.35. The van der Waals surface area contributed by atoms with Crippen molar-refractivity contribution < 1.29 is 5.11 Å². The Labute approximate surface area is 103 Å². The Morgan fingerprint density at radius 3 is 2.76 bits per heavy atom. The molecular weight excluding hydrogens is 210 g/mol. The van der Waals surface area contributed by atoms with Crippen molar-refractivity contribution in [2.45, 2.75) is 11.8 Å². The van der Waals surface area contributed by atoms with E-state index >= 15 is 0 Å². The molecule has 0 fully saturated rings. The number of aliphatic hydroxyl groups is 1. The molecular formula is C15H17NO. The highest BCUT2D eigenvalue weighted by Crippen LogP contribution is 2.32. The number of benzene rings is 1. The van der Waals surface area contributed by atoms with E-state index in [-0.39, 0.29) is 12.0 Å². The van der Waals surface area contributed by atoms with E-state index in [1.807, 2.05) is 24.4 Å². The van der Waals surface area contributed by atoms with Gasteiger partial charge in [0.2, 0.25) is 0 Å². The van der Waals surface area contributed by atoms with Crippen LogP contribution in [-0.2, 0) is 5.41 Å². The monoisotopic (exact) mass is 227 g/mol. The van der Waals surface area contributed by atoms with E-state index < -0.39 is 0 Å². The molecule has 0 bridgehead atoms. The Hall–Kier alpha value is -1.72. The predicted molar refractivity (Wildman–Crippen MR) is 69.4 cm³/mol. The number of rotatable bonds is 3. The molecule has 0 aliphatic carbocycles. The van der Waals surface area contributed by atoms with Gasteiger partial charge in [0.15, 0.2) is 0 Å². The van der Waals surface area contributed by atoms with E-state index in [0.29, 0.717) is 6.54 Å². The van der Waals surface area contributed by atoms with E-state index in [9.17, 15) is 5.11 Å². The molecule has 0 saturated carbocycles. The predicted octanol–water partition coefficient (Wildman–Crippen LogP) is 1.77. The molecule has 2 heteroatoms. The number of hydrogen-bond acceptors (Lipinski definition) is 2. The standard InChI is InChI=1S/C15H17NO/c1-2-10-16-11-6-9-15(12-16,13-17)14-7-4-3-5-8-14/h1,3-8,11,17H,9-10,12-13H2. The van der Waals surface area contributed by atoms with Gasteiger partial charge in [0.1, 0.15) is 0 Å². The van der Waals surface area contributed by atoms with Crippen LogP contribution in [0.3, 0.4) is 0 Å². The minimum atomic E-state index is -0.215. The first kappa shape index (κ1) is 11.8. The van der Waals surface area contributed by atoms with Gasteiger partial charge in [-0.2, -0.15) is 0 Å². The summed E-state index contributed by atoms with van der Waals surface area (Å²) < 4.78 is 0. The molecule has 1 N–H and O–H groups in total. The highest BCUT2D eigenvalue weighted by Gasteiger charge is 2.33. The lowest BCUT2D eigenvalue weighted by Crippen LogP contribution is -2.44. The average Bonchev–Trinajstić information content (AvgIpc) is 2.40. The van der Waals surface area contributed by atoms with Crippen molar-refractivity contribution in [1.29, 1.82) is 0 Å². The lowest BCUT2D eigenvalue weighted by atomic mass is 9.76. The zero-order valence-electron chi connectivity index (χ0n) is 9.84. The summed E-state index contributed by atoms with van der Waals surface area (Å²) in [5.41, 5.74) is 0.959. The molecule has 1 atom stereocenters. The Morgan fingerprint density at radius 1 is 1.35 bits per heavy atom. The molecule has 2 nitrogen and oxygen atoms in total. The van der Waals surface area contributed by atoms with E-state index in [1.54, 1.807) is 0 Å². The highest BCUT2D eigenvalue weighted by atomic mass is 16.3. The van der Waals surface area contributed by atoms with Crippen molar-refractivity contribution >= 4 is 0 Å². The average molecular weight is 227 g/mol. The topological polar surface area (TPSA) is 23.5 Å². The van der Waals surface area contributed by atoms with Gasteiger partial charge in [-0.05, 0) is 18.2 Å². The summed E-state index contributed by atoms with van der Waals surface area (Å²) in [4.78, 5) is 2.08. The van der Waals surface area contributed by atoms with Crippen molar-refractivity contribution in [2.24, 2.45) is 0 Å². The summed E-state index contributed by atoms with van der Waals surface area (Å²) in [6, 6.07) is 10.2. The number of nitrogens with zero attached hydrogens (tertiary/aromatic N) is 1. The van der Waals surface area contributed by atoms with Crippen LogP contribution in [0, 0.1) is 12.3 Å². The fourth-order valence-electron chi connectivity index (χ4n) is 2.37. The van der Waals surface area contributed by atoms with Gasteiger partial charge < -0.3 is 10.0 Å². The zero-order valence-corrected chi connectivity index (χ0v) is 9.84. The van der Waals surface area contributed by atoms with E-state index in [4.69, 9.17) is 6.42 Å². The molecule has 0 spiro atoms. The van der Waals surface area contributed by atoms with Gasteiger partial charge in [-0.3, -0.25) is 0 Å².